The molecule has 2 aromatic rings. The lowest BCUT2D eigenvalue weighted by Gasteiger charge is -2.41. The first kappa shape index (κ1) is 14.3. The third-order valence-corrected chi connectivity index (χ3v) is 5.96. The van der Waals surface area contributed by atoms with Gasteiger partial charge in [-0.1, -0.05) is 19.3 Å². The summed E-state index contributed by atoms with van der Waals surface area (Å²) in [4.78, 5) is 15.9. The first-order chi connectivity index (χ1) is 10.9. The minimum atomic E-state index is 0.740. The molecule has 2 aromatic heterocycles. The summed E-state index contributed by atoms with van der Waals surface area (Å²) in [5.74, 6) is 2.66. The number of hydrogen-bond donors (Lipinski definition) is 0. The van der Waals surface area contributed by atoms with Crippen LogP contribution in [0, 0.1) is 11.8 Å². The Kier molecular flexibility index (Phi) is 4.17. The van der Waals surface area contributed by atoms with Crippen molar-refractivity contribution in [1.82, 2.24) is 19.9 Å². The lowest BCUT2D eigenvalue weighted by molar-refractivity contribution is 0.0814. The van der Waals surface area contributed by atoms with Crippen LogP contribution in [0.5, 0.6) is 0 Å². The molecule has 1 saturated carbocycles. The lowest BCUT2D eigenvalue weighted by Crippen LogP contribution is -2.41. The van der Waals surface area contributed by atoms with Gasteiger partial charge in [-0.25, -0.2) is 15.0 Å². The summed E-state index contributed by atoms with van der Waals surface area (Å²) in [6, 6.07) is 1.84. The Hall–Kier alpha value is -1.33. The molecule has 4 rings (SSSR count). The molecule has 3 heterocycles. The van der Waals surface area contributed by atoms with Gasteiger partial charge in [-0.15, -0.1) is 11.3 Å². The average Bonchev–Trinajstić information content (AvgIpc) is 3.04. The van der Waals surface area contributed by atoms with E-state index in [9.17, 15) is 0 Å². The minimum Gasteiger partial charge on any atom is -0.297 e. The minimum absolute atomic E-state index is 0.740. The molecule has 1 saturated heterocycles. The van der Waals surface area contributed by atoms with E-state index in [0.29, 0.717) is 0 Å². The second-order valence-electron chi connectivity index (χ2n) is 6.54. The van der Waals surface area contributed by atoms with Gasteiger partial charge in [0.25, 0.3) is 0 Å². The van der Waals surface area contributed by atoms with Gasteiger partial charge in [-0.2, -0.15) is 0 Å². The fourth-order valence-corrected chi connectivity index (χ4v) is 4.70. The van der Waals surface area contributed by atoms with E-state index in [4.69, 9.17) is 4.98 Å². The normalized spacial score (nSPS) is 25.8. The van der Waals surface area contributed by atoms with Crippen molar-refractivity contribution in [3.05, 3.63) is 29.5 Å². The van der Waals surface area contributed by atoms with Crippen LogP contribution >= 0.6 is 11.3 Å². The zero-order valence-electron chi connectivity index (χ0n) is 12.8. The van der Waals surface area contributed by atoms with E-state index in [-0.39, 0.29) is 0 Å². The Morgan fingerprint density at radius 3 is 2.77 bits per heavy atom. The maximum absolute atomic E-state index is 4.73. The van der Waals surface area contributed by atoms with Gasteiger partial charge in [0.15, 0.2) is 10.8 Å². The summed E-state index contributed by atoms with van der Waals surface area (Å²) in [5.41, 5.74) is 1.17. The molecular weight excluding hydrogens is 292 g/mol. The summed E-state index contributed by atoms with van der Waals surface area (Å²) in [6.45, 7) is 3.47. The van der Waals surface area contributed by atoms with Gasteiger partial charge in [0.05, 0.1) is 5.69 Å². The average molecular weight is 314 g/mol. The van der Waals surface area contributed by atoms with Crippen molar-refractivity contribution in [3.63, 3.8) is 0 Å². The molecule has 0 bridgehead atoms. The van der Waals surface area contributed by atoms with Crippen LogP contribution in [0.1, 0.15) is 37.8 Å². The van der Waals surface area contributed by atoms with Crippen LogP contribution in [0.15, 0.2) is 23.8 Å². The molecule has 0 N–H and O–H groups in total. The summed E-state index contributed by atoms with van der Waals surface area (Å²) in [6.07, 6.45) is 10.7. The smallest absolute Gasteiger partial charge is 0.188 e. The lowest BCUT2D eigenvalue weighted by atomic mass is 9.75. The van der Waals surface area contributed by atoms with E-state index in [1.165, 1.54) is 50.9 Å². The number of nitrogens with zero attached hydrogens (tertiary/aromatic N) is 4. The summed E-state index contributed by atoms with van der Waals surface area (Å²) < 4.78 is 0. The number of fused-ring (bicyclic) bond motifs is 1. The van der Waals surface area contributed by atoms with E-state index in [1.807, 2.05) is 6.07 Å². The number of hydrogen-bond acceptors (Lipinski definition) is 5. The quantitative estimate of drug-likeness (QED) is 0.868. The van der Waals surface area contributed by atoms with E-state index in [1.54, 1.807) is 23.7 Å². The van der Waals surface area contributed by atoms with E-state index in [0.717, 1.165) is 29.2 Å². The second kappa shape index (κ2) is 6.42. The highest BCUT2D eigenvalue weighted by atomic mass is 32.1. The predicted molar refractivity (Wildman–Crippen MR) is 88.5 cm³/mol. The Bertz CT molecular complexity index is 612. The first-order valence-electron chi connectivity index (χ1n) is 8.32. The van der Waals surface area contributed by atoms with Gasteiger partial charge in [0.2, 0.25) is 0 Å². The summed E-state index contributed by atoms with van der Waals surface area (Å²) >= 11 is 1.65. The fourth-order valence-electron chi connectivity index (χ4n) is 3.94. The van der Waals surface area contributed by atoms with Gasteiger partial charge in [-0.05, 0) is 37.3 Å². The highest BCUT2D eigenvalue weighted by Crippen LogP contribution is 2.36. The molecule has 116 valence electrons. The van der Waals surface area contributed by atoms with Crippen molar-refractivity contribution in [2.75, 3.05) is 13.1 Å². The van der Waals surface area contributed by atoms with E-state index >= 15 is 0 Å². The van der Waals surface area contributed by atoms with Crippen LogP contribution in [0.25, 0.3) is 10.8 Å². The molecule has 0 aromatic carbocycles. The van der Waals surface area contributed by atoms with Gasteiger partial charge >= 0.3 is 0 Å². The highest BCUT2D eigenvalue weighted by Gasteiger charge is 2.31. The molecular formula is C17H22N4S. The zero-order valence-corrected chi connectivity index (χ0v) is 13.6. The first-order valence-corrected chi connectivity index (χ1v) is 9.20. The van der Waals surface area contributed by atoms with Gasteiger partial charge < -0.3 is 0 Å². The number of aromatic nitrogens is 3. The van der Waals surface area contributed by atoms with Crippen molar-refractivity contribution >= 4 is 11.3 Å². The standard InChI is InChI=1S/C17H22N4S/c1-2-5-14-10-21(9-6-13(14)4-1)11-15-12-22-17(20-15)16-18-7-3-8-19-16/h3,7-8,12-14H,1-2,4-6,9-11H2/t13-,14+/m0/s1. The molecule has 2 fully saturated rings. The van der Waals surface area contributed by atoms with Crippen LogP contribution in [-0.2, 0) is 6.54 Å². The van der Waals surface area contributed by atoms with Gasteiger partial charge in [0, 0.05) is 30.9 Å². The summed E-state index contributed by atoms with van der Waals surface area (Å²) in [7, 11) is 0. The van der Waals surface area contributed by atoms with Gasteiger partial charge in [-0.3, -0.25) is 4.90 Å². The topological polar surface area (TPSA) is 41.9 Å². The van der Waals surface area contributed by atoms with Crippen molar-refractivity contribution < 1.29 is 0 Å². The van der Waals surface area contributed by atoms with E-state index < -0.39 is 0 Å². The number of likely N-dealkylation sites (tertiary alicyclic amines) is 1. The van der Waals surface area contributed by atoms with Crippen molar-refractivity contribution in [2.24, 2.45) is 11.8 Å². The third-order valence-electron chi connectivity index (χ3n) is 5.07. The van der Waals surface area contributed by atoms with Crippen molar-refractivity contribution in [2.45, 2.75) is 38.6 Å². The second-order valence-corrected chi connectivity index (χ2v) is 7.40. The largest absolute Gasteiger partial charge is 0.297 e. The molecule has 4 nitrogen and oxygen atoms in total. The highest BCUT2D eigenvalue weighted by molar-refractivity contribution is 7.13. The molecule has 0 radical (unpaired) electrons. The SMILES string of the molecule is c1cnc(-c2nc(CN3CC[C@@H]4CCCC[C@@H]4C3)cs2)nc1. The Morgan fingerprint density at radius 2 is 1.91 bits per heavy atom. The molecule has 2 atom stereocenters. The molecule has 2 aliphatic rings. The summed E-state index contributed by atoms with van der Waals surface area (Å²) in [5, 5.41) is 3.10. The maximum atomic E-state index is 4.73. The van der Waals surface area contributed by atoms with E-state index in [2.05, 4.69) is 20.2 Å². The number of thiazole rings is 1. The van der Waals surface area contributed by atoms with Crippen LogP contribution in [0.3, 0.4) is 0 Å². The third kappa shape index (κ3) is 3.06. The fraction of sp³-hybridized carbons (Fsp3) is 0.588. The zero-order chi connectivity index (χ0) is 14.8. The molecule has 1 aliphatic heterocycles. The van der Waals surface area contributed by atoms with Crippen molar-refractivity contribution in [3.8, 4) is 10.8 Å². The molecule has 22 heavy (non-hydrogen) atoms. The predicted octanol–water partition coefficient (Wildman–Crippen LogP) is 3.61. The molecule has 1 aliphatic carbocycles. The Balaban J connectivity index is 1.40. The van der Waals surface area contributed by atoms with Crippen LogP contribution in [0.4, 0.5) is 0 Å². The monoisotopic (exact) mass is 314 g/mol. The van der Waals surface area contributed by atoms with Crippen LogP contribution < -0.4 is 0 Å². The molecule has 0 amide bonds. The van der Waals surface area contributed by atoms with Crippen LogP contribution in [0.2, 0.25) is 0 Å². The van der Waals surface area contributed by atoms with Gasteiger partial charge in [0.1, 0.15) is 0 Å². The maximum Gasteiger partial charge on any atom is 0.188 e. The Morgan fingerprint density at radius 1 is 1.09 bits per heavy atom. The molecule has 5 heteroatoms. The number of rotatable bonds is 3. The van der Waals surface area contributed by atoms with Crippen LogP contribution in [-0.4, -0.2) is 32.9 Å². The number of piperidine rings is 1. The Labute approximate surface area is 135 Å². The van der Waals surface area contributed by atoms with Crippen molar-refractivity contribution in [1.29, 1.82) is 0 Å². The molecule has 0 spiro atoms. The molecule has 0 unspecified atom stereocenters.